The smallest absolute Gasteiger partial charge is 0.270 e. The number of carbonyl (C=O) groups is 1. The van der Waals surface area contributed by atoms with Crippen LogP contribution in [0.1, 0.15) is 27.2 Å². The van der Waals surface area contributed by atoms with E-state index in [1.807, 2.05) is 0 Å². The van der Waals surface area contributed by atoms with Crippen LogP contribution in [-0.2, 0) is 25.0 Å². The zero-order chi connectivity index (χ0) is 17.1. The highest BCUT2D eigenvalue weighted by atomic mass is 32.2. The van der Waals surface area contributed by atoms with Crippen LogP contribution in [-0.4, -0.2) is 48.4 Å². The van der Waals surface area contributed by atoms with Crippen LogP contribution in [0.25, 0.3) is 0 Å². The third-order valence-electron chi connectivity index (χ3n) is 3.01. The Balaban J connectivity index is 5.40. The summed E-state index contributed by atoms with van der Waals surface area (Å²) in [5.41, 5.74) is -1.36. The number of nitrogens with one attached hydrogen (secondary N) is 1. The van der Waals surface area contributed by atoms with E-state index in [0.29, 0.717) is 0 Å². The number of hydrogen-bond donors (Lipinski definition) is 3. The van der Waals surface area contributed by atoms with Crippen LogP contribution in [0.3, 0.4) is 0 Å². The predicted molar refractivity (Wildman–Crippen MR) is 78.0 cm³/mol. The molecule has 21 heavy (non-hydrogen) atoms. The first-order valence-electron chi connectivity index (χ1n) is 6.06. The predicted octanol–water partition coefficient (Wildman–Crippen LogP) is 0.238. The molecule has 8 nitrogen and oxygen atoms in total. The Labute approximate surface area is 125 Å². The van der Waals surface area contributed by atoms with E-state index in [9.17, 15) is 26.2 Å². The Morgan fingerprint density at radius 3 is 2.10 bits per heavy atom. The lowest BCUT2D eigenvalue weighted by atomic mass is 9.89. The molecule has 124 valence electrons. The van der Waals surface area contributed by atoms with E-state index in [-0.39, 0.29) is 6.42 Å². The first kappa shape index (κ1) is 20.0. The molecule has 1 amide bonds. The van der Waals surface area contributed by atoms with Gasteiger partial charge in [-0.05, 0) is 32.3 Å². The van der Waals surface area contributed by atoms with E-state index >= 15 is 0 Å². The van der Waals surface area contributed by atoms with Crippen LogP contribution >= 0.6 is 0 Å². The summed E-state index contributed by atoms with van der Waals surface area (Å²) < 4.78 is 62.7. The van der Waals surface area contributed by atoms with Gasteiger partial charge in [-0.2, -0.15) is 16.8 Å². The highest BCUT2D eigenvalue weighted by Gasteiger charge is 2.43. The highest BCUT2D eigenvalue weighted by Crippen LogP contribution is 2.27. The molecule has 0 saturated carbocycles. The highest BCUT2D eigenvalue weighted by molar-refractivity contribution is 7.86. The summed E-state index contributed by atoms with van der Waals surface area (Å²) in [7, 11) is -8.82. The lowest BCUT2D eigenvalue weighted by Crippen LogP contribution is -2.57. The van der Waals surface area contributed by atoms with Crippen molar-refractivity contribution in [1.82, 2.24) is 5.32 Å². The molecule has 3 N–H and O–H groups in total. The Kier molecular flexibility index (Phi) is 6.54. The summed E-state index contributed by atoms with van der Waals surface area (Å²) in [5, 5.41) is 0.934. The molecule has 0 rings (SSSR count). The van der Waals surface area contributed by atoms with Crippen molar-refractivity contribution in [3.8, 4) is 0 Å². The summed E-state index contributed by atoms with van der Waals surface area (Å²) in [6.45, 7) is 7.42. The lowest BCUT2D eigenvalue weighted by Gasteiger charge is -2.36. The van der Waals surface area contributed by atoms with E-state index in [1.165, 1.54) is 20.8 Å². The van der Waals surface area contributed by atoms with Crippen molar-refractivity contribution >= 4 is 26.1 Å². The Hall–Kier alpha value is -0.970. The molecular formula is C11H21NO7S2. The Morgan fingerprint density at radius 2 is 1.76 bits per heavy atom. The van der Waals surface area contributed by atoms with Gasteiger partial charge in [-0.25, -0.2) is 0 Å². The second-order valence-corrected chi connectivity index (χ2v) is 8.51. The van der Waals surface area contributed by atoms with Crippen molar-refractivity contribution in [2.45, 2.75) is 38.0 Å². The van der Waals surface area contributed by atoms with Crippen LogP contribution in [0.4, 0.5) is 0 Å². The van der Waals surface area contributed by atoms with Gasteiger partial charge in [0, 0.05) is 0 Å². The maximum atomic E-state index is 11.6. The number of carbonyl (C=O) groups excluding carboxylic acids is 1. The molecule has 0 aromatic heterocycles. The van der Waals surface area contributed by atoms with Crippen LogP contribution in [0.5, 0.6) is 0 Å². The monoisotopic (exact) mass is 343 g/mol. The van der Waals surface area contributed by atoms with Gasteiger partial charge in [0.05, 0.1) is 11.3 Å². The fourth-order valence-electron chi connectivity index (χ4n) is 2.30. The topological polar surface area (TPSA) is 138 Å². The van der Waals surface area contributed by atoms with E-state index in [0.717, 1.165) is 6.08 Å². The van der Waals surface area contributed by atoms with Crippen LogP contribution in [0, 0.1) is 5.92 Å². The maximum Gasteiger partial charge on any atom is 0.270 e. The normalized spacial score (nSPS) is 16.0. The summed E-state index contributed by atoms with van der Waals surface area (Å²) >= 11 is 0. The maximum absolute atomic E-state index is 11.6. The van der Waals surface area contributed by atoms with Gasteiger partial charge in [0.2, 0.25) is 5.91 Å². The van der Waals surface area contributed by atoms with Gasteiger partial charge in [0.1, 0.15) is 5.25 Å². The van der Waals surface area contributed by atoms with E-state index in [4.69, 9.17) is 4.55 Å². The summed E-state index contributed by atoms with van der Waals surface area (Å²) in [4.78, 5) is 11.4. The van der Waals surface area contributed by atoms with Gasteiger partial charge in [-0.15, -0.1) is 0 Å². The zero-order valence-electron chi connectivity index (χ0n) is 12.1. The SMILES string of the molecule is C=CC(=O)NC(C)(C)C(C(C)CCS(=O)(=O)O)S(=O)(=O)O. The minimum Gasteiger partial charge on any atom is -0.346 e. The van der Waals surface area contributed by atoms with Gasteiger partial charge in [0.25, 0.3) is 20.2 Å². The lowest BCUT2D eigenvalue weighted by molar-refractivity contribution is -0.118. The first-order chi connectivity index (χ1) is 9.20. The van der Waals surface area contributed by atoms with Crippen molar-refractivity contribution in [3.05, 3.63) is 12.7 Å². The Morgan fingerprint density at radius 1 is 1.29 bits per heavy atom. The molecule has 2 atom stereocenters. The standard InChI is InChI=1S/C11H21NO7S2/c1-5-9(13)12-11(3,4)10(21(17,18)19)8(2)6-7-20(14,15)16/h5,8,10H,1,6-7H2,2-4H3,(H,12,13)(H,14,15,16)(H,17,18,19). The fraction of sp³-hybridized carbons (Fsp3) is 0.727. The van der Waals surface area contributed by atoms with E-state index in [1.54, 1.807) is 0 Å². The molecule has 0 aliphatic carbocycles. The third-order valence-corrected chi connectivity index (χ3v) is 5.46. The Bertz CT molecular complexity index is 592. The van der Waals surface area contributed by atoms with Crippen molar-refractivity contribution in [2.75, 3.05) is 5.75 Å². The molecule has 0 radical (unpaired) electrons. The molecule has 2 unspecified atom stereocenters. The minimum atomic E-state index is -4.57. The second-order valence-electron chi connectivity index (χ2n) is 5.40. The molecule has 0 heterocycles. The summed E-state index contributed by atoms with van der Waals surface area (Å²) in [5.74, 6) is -2.11. The largest absolute Gasteiger partial charge is 0.346 e. The zero-order valence-corrected chi connectivity index (χ0v) is 13.7. The molecule has 0 aromatic rings. The number of hydrogen-bond acceptors (Lipinski definition) is 5. The van der Waals surface area contributed by atoms with Crippen molar-refractivity contribution in [1.29, 1.82) is 0 Å². The molecule has 0 bridgehead atoms. The number of amides is 1. The molecule has 0 aliphatic rings. The average molecular weight is 343 g/mol. The molecule has 0 aliphatic heterocycles. The summed E-state index contributed by atoms with van der Waals surface area (Å²) in [6, 6.07) is 0. The van der Waals surface area contributed by atoms with E-state index < -0.39 is 48.6 Å². The third kappa shape index (κ3) is 7.02. The van der Waals surface area contributed by atoms with Crippen LogP contribution in [0.2, 0.25) is 0 Å². The van der Waals surface area contributed by atoms with Gasteiger partial charge < -0.3 is 5.32 Å². The second kappa shape index (κ2) is 6.86. The van der Waals surface area contributed by atoms with Gasteiger partial charge in [-0.1, -0.05) is 13.5 Å². The first-order valence-corrected chi connectivity index (χ1v) is 9.18. The minimum absolute atomic E-state index is 0.198. The van der Waals surface area contributed by atoms with Crippen molar-refractivity contribution in [3.63, 3.8) is 0 Å². The van der Waals surface area contributed by atoms with Crippen LogP contribution in [0.15, 0.2) is 12.7 Å². The molecule has 0 fully saturated rings. The molecule has 0 spiro atoms. The van der Waals surface area contributed by atoms with E-state index in [2.05, 4.69) is 11.9 Å². The summed E-state index contributed by atoms with van der Waals surface area (Å²) in [6.07, 6.45) is 0.752. The van der Waals surface area contributed by atoms with Gasteiger partial charge >= 0.3 is 0 Å². The molecule has 0 saturated heterocycles. The van der Waals surface area contributed by atoms with Crippen molar-refractivity contribution < 1.29 is 30.7 Å². The van der Waals surface area contributed by atoms with Crippen LogP contribution < -0.4 is 5.32 Å². The fourth-order valence-corrected chi connectivity index (χ4v) is 4.50. The molecular weight excluding hydrogens is 322 g/mol. The molecule has 0 aromatic carbocycles. The van der Waals surface area contributed by atoms with Crippen molar-refractivity contribution in [2.24, 2.45) is 5.92 Å². The number of rotatable bonds is 8. The molecule has 10 heteroatoms. The average Bonchev–Trinajstić information content (AvgIpc) is 2.22. The van der Waals surface area contributed by atoms with Gasteiger partial charge in [0.15, 0.2) is 0 Å². The quantitative estimate of drug-likeness (QED) is 0.424. The van der Waals surface area contributed by atoms with Gasteiger partial charge in [-0.3, -0.25) is 13.9 Å².